The number of halogens is 1. The summed E-state index contributed by atoms with van der Waals surface area (Å²) in [6, 6.07) is 0. The molecule has 0 amide bonds. The highest BCUT2D eigenvalue weighted by atomic mass is 19.1. The summed E-state index contributed by atoms with van der Waals surface area (Å²) >= 11 is 0. The fourth-order valence-corrected chi connectivity index (χ4v) is 7.17. The molecule has 0 aliphatic heterocycles. The van der Waals surface area contributed by atoms with E-state index in [0.29, 0.717) is 31.4 Å². The van der Waals surface area contributed by atoms with E-state index in [2.05, 4.69) is 0 Å². The number of fused-ring (bicyclic) bond motifs is 5. The fraction of sp³-hybridized carbons (Fsp3) is 0.682. The predicted molar refractivity (Wildman–Crippen MR) is 99.1 cm³/mol. The molecule has 153 valence electrons. The summed E-state index contributed by atoms with van der Waals surface area (Å²) in [6.07, 6.45) is 4.35. The first kappa shape index (κ1) is 19.9. The van der Waals surface area contributed by atoms with E-state index in [-0.39, 0.29) is 18.1 Å². The molecule has 4 aliphatic carbocycles. The molecule has 0 saturated heterocycles. The summed E-state index contributed by atoms with van der Waals surface area (Å²) in [5, 5.41) is 31.8. The second-order valence-electron chi connectivity index (χ2n) is 9.66. The van der Waals surface area contributed by atoms with Crippen molar-refractivity contribution in [1.29, 1.82) is 0 Å². The second kappa shape index (κ2) is 5.83. The molecule has 6 heteroatoms. The van der Waals surface area contributed by atoms with Crippen LogP contribution in [0.4, 0.5) is 4.39 Å². The molecule has 0 aromatic rings. The third-order valence-corrected chi connectivity index (χ3v) is 8.72. The van der Waals surface area contributed by atoms with Crippen LogP contribution in [-0.4, -0.2) is 44.3 Å². The van der Waals surface area contributed by atoms with Gasteiger partial charge in [0.25, 0.3) is 0 Å². The number of carbonyl (C=O) groups excluding carboxylic acids is 2. The first-order valence-corrected chi connectivity index (χ1v) is 10.0. The number of aliphatic hydroxyl groups is 3. The molecule has 1 radical (unpaired) electrons. The molecular weight excluding hydrogens is 363 g/mol. The van der Waals surface area contributed by atoms with Crippen molar-refractivity contribution in [3.8, 4) is 0 Å². The molecule has 28 heavy (non-hydrogen) atoms. The summed E-state index contributed by atoms with van der Waals surface area (Å²) in [5.74, 6) is -2.31. The summed E-state index contributed by atoms with van der Waals surface area (Å²) in [5.41, 5.74) is -5.28. The molecule has 3 fully saturated rings. The van der Waals surface area contributed by atoms with E-state index in [1.165, 1.54) is 12.2 Å². The zero-order valence-electron chi connectivity index (χ0n) is 16.5. The number of hydrogen-bond donors (Lipinski definition) is 3. The van der Waals surface area contributed by atoms with Crippen LogP contribution in [-0.2, 0) is 9.59 Å². The van der Waals surface area contributed by atoms with Crippen molar-refractivity contribution < 1.29 is 29.3 Å². The van der Waals surface area contributed by atoms with Gasteiger partial charge in [-0.2, -0.15) is 0 Å². The third-order valence-electron chi connectivity index (χ3n) is 8.72. The fourth-order valence-electron chi connectivity index (χ4n) is 7.17. The SMILES string of the molecule is C[C@@H]1C[C@H]2[C@@H]3CCC4=CC(=O)C=C[C@]4(C)[C@@]3(F)[C@@H](O)C[C@]2(C)[C@@]1(O)C(=O)[CH]O. The van der Waals surface area contributed by atoms with Gasteiger partial charge in [0.2, 0.25) is 0 Å². The maximum absolute atomic E-state index is 16.9. The largest absolute Gasteiger partial charge is 0.390 e. The topological polar surface area (TPSA) is 94.8 Å². The highest BCUT2D eigenvalue weighted by Crippen LogP contribution is 2.70. The highest BCUT2D eigenvalue weighted by molar-refractivity contribution is 6.01. The zero-order valence-corrected chi connectivity index (χ0v) is 16.5. The molecule has 0 unspecified atom stereocenters. The first-order valence-electron chi connectivity index (χ1n) is 10.0. The highest BCUT2D eigenvalue weighted by Gasteiger charge is 2.75. The van der Waals surface area contributed by atoms with Crippen molar-refractivity contribution in [1.82, 2.24) is 0 Å². The molecule has 0 heterocycles. The van der Waals surface area contributed by atoms with Crippen molar-refractivity contribution in [3.63, 3.8) is 0 Å². The second-order valence-corrected chi connectivity index (χ2v) is 9.66. The van der Waals surface area contributed by atoms with Crippen LogP contribution in [0.2, 0.25) is 0 Å². The Balaban J connectivity index is 1.84. The van der Waals surface area contributed by atoms with Gasteiger partial charge in [0, 0.05) is 16.7 Å². The number of hydrogen-bond acceptors (Lipinski definition) is 5. The number of allylic oxidation sites excluding steroid dienone is 4. The lowest BCUT2D eigenvalue weighted by molar-refractivity contribution is -0.218. The predicted octanol–water partition coefficient (Wildman–Crippen LogP) is 2.44. The Morgan fingerprint density at radius 1 is 1.32 bits per heavy atom. The van der Waals surface area contributed by atoms with Crippen LogP contribution in [0.3, 0.4) is 0 Å². The van der Waals surface area contributed by atoms with Crippen LogP contribution in [0, 0.1) is 35.2 Å². The minimum absolute atomic E-state index is 0.0876. The normalized spacial score (nSPS) is 52.5. The third kappa shape index (κ3) is 2.01. The van der Waals surface area contributed by atoms with Gasteiger partial charge < -0.3 is 15.3 Å². The molecule has 3 N–H and O–H groups in total. The van der Waals surface area contributed by atoms with Crippen LogP contribution in [0.5, 0.6) is 0 Å². The van der Waals surface area contributed by atoms with E-state index in [1.54, 1.807) is 26.8 Å². The maximum atomic E-state index is 16.9. The quantitative estimate of drug-likeness (QED) is 0.672. The van der Waals surface area contributed by atoms with Gasteiger partial charge >= 0.3 is 0 Å². The van der Waals surface area contributed by atoms with E-state index in [1.807, 2.05) is 0 Å². The molecule has 0 aromatic carbocycles. The van der Waals surface area contributed by atoms with Crippen molar-refractivity contribution >= 4 is 11.6 Å². The Morgan fingerprint density at radius 3 is 2.64 bits per heavy atom. The lowest BCUT2D eigenvalue weighted by Gasteiger charge is -2.62. The van der Waals surface area contributed by atoms with Gasteiger partial charge in [-0.1, -0.05) is 25.5 Å². The molecule has 3 saturated carbocycles. The minimum Gasteiger partial charge on any atom is -0.390 e. The number of Topliss-reactive ketones (excluding diaryl/α,β-unsaturated/α-hetero) is 1. The van der Waals surface area contributed by atoms with Gasteiger partial charge in [-0.25, -0.2) is 4.39 Å². The number of carbonyl (C=O) groups is 2. The Labute approximate surface area is 164 Å². The van der Waals surface area contributed by atoms with E-state index < -0.39 is 45.8 Å². The maximum Gasteiger partial charge on any atom is 0.196 e. The standard InChI is InChI=1S/C22H28FO5/c1-12-8-16-15-5-4-13-9-14(25)6-7-19(13,2)21(15,23)17(26)10-20(16,3)22(12,28)18(27)11-24/h6-7,9,11-12,15-17,24,26,28H,4-5,8,10H2,1-3H3/t12-,15+,16+,17+,19+,20+,21+,22+/m1/s1. The molecule has 0 aromatic heterocycles. The summed E-state index contributed by atoms with van der Waals surface area (Å²) in [4.78, 5) is 24.3. The summed E-state index contributed by atoms with van der Waals surface area (Å²) < 4.78 is 16.9. The van der Waals surface area contributed by atoms with Gasteiger partial charge in [0.1, 0.15) is 12.2 Å². The molecule has 0 spiro atoms. The van der Waals surface area contributed by atoms with Gasteiger partial charge in [0.15, 0.2) is 17.2 Å². The summed E-state index contributed by atoms with van der Waals surface area (Å²) in [6.45, 7) is 5.61. The molecule has 4 rings (SSSR count). The Kier molecular flexibility index (Phi) is 4.15. The number of rotatable bonds is 2. The lowest BCUT2D eigenvalue weighted by atomic mass is 9.44. The van der Waals surface area contributed by atoms with Crippen LogP contribution >= 0.6 is 0 Å². The van der Waals surface area contributed by atoms with Crippen LogP contribution in [0.25, 0.3) is 0 Å². The Hall–Kier alpha value is -1.37. The Bertz CT molecular complexity index is 805. The van der Waals surface area contributed by atoms with Gasteiger partial charge in [-0.05, 0) is 56.6 Å². The summed E-state index contributed by atoms with van der Waals surface area (Å²) in [7, 11) is 0. The van der Waals surface area contributed by atoms with E-state index in [9.17, 15) is 24.9 Å². The van der Waals surface area contributed by atoms with Crippen LogP contribution in [0.1, 0.15) is 46.5 Å². The smallest absolute Gasteiger partial charge is 0.196 e. The van der Waals surface area contributed by atoms with Crippen LogP contribution < -0.4 is 0 Å². The molecule has 5 nitrogen and oxygen atoms in total. The number of alkyl halides is 1. The van der Waals surface area contributed by atoms with Gasteiger partial charge in [-0.15, -0.1) is 0 Å². The number of ketones is 2. The van der Waals surface area contributed by atoms with Crippen molar-refractivity contribution in [2.45, 2.75) is 63.8 Å². The monoisotopic (exact) mass is 391 g/mol. The molecule has 4 aliphatic rings. The van der Waals surface area contributed by atoms with Crippen molar-refractivity contribution in [2.75, 3.05) is 0 Å². The van der Waals surface area contributed by atoms with E-state index in [4.69, 9.17) is 0 Å². The molecule has 8 atom stereocenters. The average Bonchev–Trinajstić information content (AvgIpc) is 2.84. The van der Waals surface area contributed by atoms with E-state index >= 15 is 4.39 Å². The molecule has 0 bridgehead atoms. The average molecular weight is 391 g/mol. The van der Waals surface area contributed by atoms with Gasteiger partial charge in [0.05, 0.1) is 6.10 Å². The van der Waals surface area contributed by atoms with Crippen molar-refractivity contribution in [3.05, 3.63) is 30.4 Å². The Morgan fingerprint density at radius 2 is 2.00 bits per heavy atom. The molecular formula is C22H28FO5. The zero-order chi connectivity index (χ0) is 20.7. The first-order chi connectivity index (χ1) is 13.0. The minimum atomic E-state index is -1.99. The number of aliphatic hydroxyl groups excluding tert-OH is 2. The lowest BCUT2D eigenvalue weighted by Crippen LogP contribution is -2.69. The van der Waals surface area contributed by atoms with Crippen LogP contribution in [0.15, 0.2) is 23.8 Å². The van der Waals surface area contributed by atoms with Gasteiger partial charge in [-0.3, -0.25) is 9.59 Å². The van der Waals surface area contributed by atoms with E-state index in [0.717, 1.165) is 0 Å². The van der Waals surface area contributed by atoms with Crippen molar-refractivity contribution in [2.24, 2.45) is 28.6 Å².